The van der Waals surface area contributed by atoms with Crippen LogP contribution in [0.4, 0.5) is 0 Å². The molecule has 0 saturated heterocycles. The smallest absolute Gasteiger partial charge is 0.154 e. The van der Waals surface area contributed by atoms with Crippen molar-refractivity contribution >= 4 is 27.5 Å². The molecule has 1 aliphatic heterocycles. The molecule has 0 N–H and O–H groups in total. The number of hydrogen-bond donors (Lipinski definition) is 0. The Labute approximate surface area is 85.5 Å². The largest absolute Gasteiger partial charge is 0.260 e. The lowest BCUT2D eigenvalue weighted by molar-refractivity contribution is 1.33. The van der Waals surface area contributed by atoms with E-state index in [0.29, 0.717) is 0 Å². The Morgan fingerprint density at radius 2 is 2.23 bits per heavy atom. The number of nitrogens with zero attached hydrogens (tertiary/aromatic N) is 2. The standard InChI is InChI=1S/C10H9BrN2/c1-7-6-12-10(13-7)8-3-2-4-9(11)5-8/h2-5H,6H2,1H3. The molecule has 1 heterocycles. The van der Waals surface area contributed by atoms with E-state index in [-0.39, 0.29) is 0 Å². The summed E-state index contributed by atoms with van der Waals surface area (Å²) >= 11 is 3.42. The minimum Gasteiger partial charge on any atom is -0.260 e. The molecule has 0 spiro atoms. The van der Waals surface area contributed by atoms with Crippen molar-refractivity contribution in [1.29, 1.82) is 0 Å². The Bertz CT molecular complexity index is 394. The van der Waals surface area contributed by atoms with Crippen molar-refractivity contribution in [3.05, 3.63) is 34.3 Å². The molecule has 0 unspecified atom stereocenters. The van der Waals surface area contributed by atoms with Crippen LogP contribution in [0.1, 0.15) is 12.5 Å². The van der Waals surface area contributed by atoms with Crippen LogP contribution in [0, 0.1) is 0 Å². The van der Waals surface area contributed by atoms with Crippen molar-refractivity contribution in [2.24, 2.45) is 9.98 Å². The first-order valence-electron chi connectivity index (χ1n) is 4.10. The highest BCUT2D eigenvalue weighted by molar-refractivity contribution is 9.10. The van der Waals surface area contributed by atoms with Crippen molar-refractivity contribution < 1.29 is 0 Å². The van der Waals surface area contributed by atoms with Gasteiger partial charge in [0, 0.05) is 15.7 Å². The first-order valence-corrected chi connectivity index (χ1v) is 4.89. The molecule has 1 aromatic rings. The summed E-state index contributed by atoms with van der Waals surface area (Å²) in [5.41, 5.74) is 2.15. The van der Waals surface area contributed by atoms with E-state index in [0.717, 1.165) is 28.1 Å². The zero-order valence-corrected chi connectivity index (χ0v) is 8.87. The zero-order valence-electron chi connectivity index (χ0n) is 7.29. The predicted octanol–water partition coefficient (Wildman–Crippen LogP) is 2.67. The Morgan fingerprint density at radius 1 is 1.38 bits per heavy atom. The third-order valence-electron chi connectivity index (χ3n) is 1.84. The fourth-order valence-corrected chi connectivity index (χ4v) is 1.62. The van der Waals surface area contributed by atoms with Crippen LogP contribution in [0.2, 0.25) is 0 Å². The summed E-state index contributed by atoms with van der Waals surface area (Å²) in [6.45, 7) is 2.73. The summed E-state index contributed by atoms with van der Waals surface area (Å²) in [6, 6.07) is 8.04. The van der Waals surface area contributed by atoms with E-state index >= 15 is 0 Å². The molecule has 1 aliphatic rings. The molecule has 0 fully saturated rings. The van der Waals surface area contributed by atoms with E-state index in [1.165, 1.54) is 0 Å². The number of benzene rings is 1. The lowest BCUT2D eigenvalue weighted by atomic mass is 10.2. The van der Waals surface area contributed by atoms with Crippen molar-refractivity contribution in [1.82, 2.24) is 0 Å². The first-order chi connectivity index (χ1) is 6.25. The highest BCUT2D eigenvalue weighted by Crippen LogP contribution is 2.14. The summed E-state index contributed by atoms with van der Waals surface area (Å²) < 4.78 is 1.06. The Morgan fingerprint density at radius 3 is 2.85 bits per heavy atom. The van der Waals surface area contributed by atoms with Crippen molar-refractivity contribution in [2.75, 3.05) is 6.54 Å². The second-order valence-electron chi connectivity index (χ2n) is 3.00. The highest BCUT2D eigenvalue weighted by Gasteiger charge is 2.08. The lowest BCUT2D eigenvalue weighted by Crippen LogP contribution is -1.93. The Balaban J connectivity index is 2.37. The van der Waals surface area contributed by atoms with Gasteiger partial charge >= 0.3 is 0 Å². The lowest BCUT2D eigenvalue weighted by Gasteiger charge is -1.97. The van der Waals surface area contributed by atoms with Crippen LogP contribution in [0.15, 0.2) is 38.7 Å². The van der Waals surface area contributed by atoms with E-state index in [1.54, 1.807) is 0 Å². The van der Waals surface area contributed by atoms with Gasteiger partial charge < -0.3 is 0 Å². The molecule has 1 aromatic carbocycles. The normalized spacial score (nSPS) is 15.5. The fraction of sp³-hybridized carbons (Fsp3) is 0.200. The molecule has 13 heavy (non-hydrogen) atoms. The molecule has 2 nitrogen and oxygen atoms in total. The van der Waals surface area contributed by atoms with Gasteiger partial charge in [0.05, 0.1) is 6.54 Å². The van der Waals surface area contributed by atoms with Gasteiger partial charge in [-0.05, 0) is 19.1 Å². The molecule has 3 heteroatoms. The van der Waals surface area contributed by atoms with E-state index in [9.17, 15) is 0 Å². The van der Waals surface area contributed by atoms with Crippen molar-refractivity contribution in [3.63, 3.8) is 0 Å². The topological polar surface area (TPSA) is 24.7 Å². The van der Waals surface area contributed by atoms with Crippen LogP contribution >= 0.6 is 15.9 Å². The van der Waals surface area contributed by atoms with Crippen LogP contribution in [0.5, 0.6) is 0 Å². The van der Waals surface area contributed by atoms with Crippen LogP contribution in [-0.4, -0.2) is 18.1 Å². The van der Waals surface area contributed by atoms with Gasteiger partial charge in [-0.25, -0.2) is 4.99 Å². The molecular weight excluding hydrogens is 228 g/mol. The van der Waals surface area contributed by atoms with Gasteiger partial charge in [-0.3, -0.25) is 4.99 Å². The number of halogens is 1. The number of rotatable bonds is 1. The van der Waals surface area contributed by atoms with Gasteiger partial charge in [0.1, 0.15) is 0 Å². The summed E-state index contributed by atoms with van der Waals surface area (Å²) in [5, 5.41) is 0. The minimum absolute atomic E-state index is 0.738. The second-order valence-corrected chi connectivity index (χ2v) is 3.91. The molecule has 0 saturated carbocycles. The first kappa shape index (κ1) is 8.63. The molecule has 0 aliphatic carbocycles. The highest BCUT2D eigenvalue weighted by atomic mass is 79.9. The molecular formula is C10H9BrN2. The summed E-state index contributed by atoms with van der Waals surface area (Å²) in [6.07, 6.45) is 0. The zero-order chi connectivity index (χ0) is 9.26. The fourth-order valence-electron chi connectivity index (χ4n) is 1.22. The predicted molar refractivity (Wildman–Crippen MR) is 58.7 cm³/mol. The maximum atomic E-state index is 4.35. The van der Waals surface area contributed by atoms with Crippen LogP contribution in [-0.2, 0) is 0 Å². The van der Waals surface area contributed by atoms with Gasteiger partial charge in [0.15, 0.2) is 5.84 Å². The average Bonchev–Trinajstić information content (AvgIpc) is 2.52. The number of aliphatic imine (C=N–C) groups is 2. The quantitative estimate of drug-likeness (QED) is 0.717. The summed E-state index contributed by atoms with van der Waals surface area (Å²) in [7, 11) is 0. The summed E-state index contributed by atoms with van der Waals surface area (Å²) in [4.78, 5) is 8.67. The Hall–Kier alpha value is -0.960. The van der Waals surface area contributed by atoms with Crippen molar-refractivity contribution in [2.45, 2.75) is 6.92 Å². The maximum Gasteiger partial charge on any atom is 0.154 e. The minimum atomic E-state index is 0.738. The van der Waals surface area contributed by atoms with Gasteiger partial charge in [-0.15, -0.1) is 0 Å². The monoisotopic (exact) mass is 236 g/mol. The molecule has 0 atom stereocenters. The van der Waals surface area contributed by atoms with Gasteiger partial charge in [-0.1, -0.05) is 28.1 Å². The molecule has 0 amide bonds. The van der Waals surface area contributed by atoms with E-state index in [1.807, 2.05) is 31.2 Å². The van der Waals surface area contributed by atoms with Gasteiger partial charge in [-0.2, -0.15) is 0 Å². The molecule has 0 bridgehead atoms. The van der Waals surface area contributed by atoms with Crippen molar-refractivity contribution in [3.8, 4) is 0 Å². The maximum absolute atomic E-state index is 4.35. The van der Waals surface area contributed by atoms with E-state index < -0.39 is 0 Å². The third kappa shape index (κ3) is 1.86. The second kappa shape index (κ2) is 3.42. The van der Waals surface area contributed by atoms with Crippen LogP contribution in [0.3, 0.4) is 0 Å². The SMILES string of the molecule is CC1=NC(c2cccc(Br)c2)=NC1. The third-order valence-corrected chi connectivity index (χ3v) is 2.33. The van der Waals surface area contributed by atoms with Gasteiger partial charge in [0.25, 0.3) is 0 Å². The van der Waals surface area contributed by atoms with E-state index in [4.69, 9.17) is 0 Å². The average molecular weight is 237 g/mol. The van der Waals surface area contributed by atoms with Crippen LogP contribution < -0.4 is 0 Å². The van der Waals surface area contributed by atoms with E-state index in [2.05, 4.69) is 25.9 Å². The number of hydrogen-bond acceptors (Lipinski definition) is 2. The Kier molecular flexibility index (Phi) is 2.27. The summed E-state index contributed by atoms with van der Waals surface area (Å²) in [5.74, 6) is 0.846. The molecule has 0 radical (unpaired) electrons. The van der Waals surface area contributed by atoms with Gasteiger partial charge in [0.2, 0.25) is 0 Å². The molecule has 0 aromatic heterocycles. The molecule has 66 valence electrons. The van der Waals surface area contributed by atoms with Crippen LogP contribution in [0.25, 0.3) is 0 Å². The molecule has 2 rings (SSSR count). The number of amidine groups is 1.